The monoisotopic (exact) mass is 264 g/mol. The maximum absolute atomic E-state index is 11.6. The molecule has 0 N–H and O–H groups in total. The van der Waals surface area contributed by atoms with E-state index >= 15 is 0 Å². The van der Waals surface area contributed by atoms with Gasteiger partial charge in [-0.2, -0.15) is 0 Å². The zero-order chi connectivity index (χ0) is 13.9. The summed E-state index contributed by atoms with van der Waals surface area (Å²) in [4.78, 5) is 11.6. The van der Waals surface area contributed by atoms with Crippen LogP contribution >= 0.6 is 0 Å². The van der Waals surface area contributed by atoms with Gasteiger partial charge in [-0.1, -0.05) is 37.6 Å². The van der Waals surface area contributed by atoms with Gasteiger partial charge in [0.2, 0.25) is 0 Å². The zero-order valence-electron chi connectivity index (χ0n) is 12.0. The third-order valence-corrected chi connectivity index (χ3v) is 2.89. The molecule has 0 unspecified atom stereocenters. The minimum atomic E-state index is -0.194. The fourth-order valence-electron chi connectivity index (χ4n) is 1.78. The number of ether oxygens (including phenoxy) is 2. The molecule has 0 saturated heterocycles. The van der Waals surface area contributed by atoms with Gasteiger partial charge in [0.1, 0.15) is 6.61 Å². The summed E-state index contributed by atoms with van der Waals surface area (Å²) >= 11 is 0. The predicted molar refractivity (Wildman–Crippen MR) is 76.2 cm³/mol. The summed E-state index contributed by atoms with van der Waals surface area (Å²) in [6.45, 7) is 5.56. The average molecular weight is 264 g/mol. The molecule has 0 aromatic heterocycles. The van der Waals surface area contributed by atoms with E-state index in [1.807, 2.05) is 19.1 Å². The van der Waals surface area contributed by atoms with Gasteiger partial charge >= 0.3 is 5.97 Å². The lowest BCUT2D eigenvalue weighted by atomic mass is 10.1. The molecule has 0 heterocycles. The molecule has 3 heteroatoms. The molecule has 0 saturated carbocycles. The molecule has 0 spiro atoms. The Bertz CT molecular complexity index is 357. The third kappa shape index (κ3) is 6.97. The molecule has 1 rings (SSSR count). The average Bonchev–Trinajstić information content (AvgIpc) is 2.43. The van der Waals surface area contributed by atoms with Gasteiger partial charge in [0.15, 0.2) is 0 Å². The van der Waals surface area contributed by atoms with Gasteiger partial charge in [-0.25, -0.2) is 0 Å². The number of hydrogen-bond acceptors (Lipinski definition) is 3. The second-order valence-corrected chi connectivity index (χ2v) is 4.51. The molecule has 0 fully saturated rings. The topological polar surface area (TPSA) is 35.5 Å². The lowest BCUT2D eigenvalue weighted by molar-refractivity contribution is -0.144. The zero-order valence-corrected chi connectivity index (χ0v) is 12.0. The first-order valence-electron chi connectivity index (χ1n) is 7.07. The van der Waals surface area contributed by atoms with E-state index in [1.165, 1.54) is 18.4 Å². The van der Waals surface area contributed by atoms with E-state index in [2.05, 4.69) is 19.1 Å². The summed E-state index contributed by atoms with van der Waals surface area (Å²) in [6.07, 6.45) is 3.85. The van der Waals surface area contributed by atoms with Gasteiger partial charge in [0.05, 0.1) is 13.0 Å². The van der Waals surface area contributed by atoms with Crippen molar-refractivity contribution in [2.24, 2.45) is 0 Å². The summed E-state index contributed by atoms with van der Waals surface area (Å²) in [7, 11) is 0. The number of benzene rings is 1. The van der Waals surface area contributed by atoms with Crippen molar-refractivity contribution in [3.05, 3.63) is 35.4 Å². The minimum Gasteiger partial charge on any atom is -0.463 e. The molecule has 0 radical (unpaired) electrons. The number of esters is 1. The van der Waals surface area contributed by atoms with Crippen LogP contribution in [0.25, 0.3) is 0 Å². The molecule has 1 aromatic rings. The Morgan fingerprint density at radius 1 is 1.05 bits per heavy atom. The Kier molecular flexibility index (Phi) is 7.91. The van der Waals surface area contributed by atoms with Gasteiger partial charge in [0.25, 0.3) is 0 Å². The molecular formula is C16H24O3. The first kappa shape index (κ1) is 15.7. The molecule has 0 bridgehead atoms. The molecular weight excluding hydrogens is 240 g/mol. The standard InChI is InChI=1S/C16H24O3/c1-3-5-6-14-7-9-15(10-8-14)13-16(17)19-12-11-18-4-2/h7-10H,3-6,11-13H2,1-2H3. The maximum Gasteiger partial charge on any atom is 0.310 e. The Morgan fingerprint density at radius 3 is 2.37 bits per heavy atom. The number of carbonyl (C=O) groups is 1. The van der Waals surface area contributed by atoms with Crippen molar-refractivity contribution >= 4 is 5.97 Å². The summed E-state index contributed by atoms with van der Waals surface area (Å²) in [5.74, 6) is -0.194. The van der Waals surface area contributed by atoms with E-state index in [4.69, 9.17) is 9.47 Å². The van der Waals surface area contributed by atoms with Crippen LogP contribution in [0.1, 0.15) is 37.8 Å². The van der Waals surface area contributed by atoms with Crippen LogP contribution in [0.2, 0.25) is 0 Å². The lowest BCUT2D eigenvalue weighted by Crippen LogP contribution is -2.12. The fourth-order valence-corrected chi connectivity index (χ4v) is 1.78. The number of carbonyl (C=O) groups excluding carboxylic acids is 1. The largest absolute Gasteiger partial charge is 0.463 e. The van der Waals surface area contributed by atoms with Crippen molar-refractivity contribution in [2.75, 3.05) is 19.8 Å². The van der Waals surface area contributed by atoms with E-state index in [0.29, 0.717) is 26.2 Å². The number of unbranched alkanes of at least 4 members (excludes halogenated alkanes) is 1. The Balaban J connectivity index is 2.29. The van der Waals surface area contributed by atoms with Crippen LogP contribution in [0.5, 0.6) is 0 Å². The summed E-state index contributed by atoms with van der Waals surface area (Å²) < 4.78 is 10.2. The van der Waals surface area contributed by atoms with Gasteiger partial charge < -0.3 is 9.47 Å². The van der Waals surface area contributed by atoms with Crippen molar-refractivity contribution in [2.45, 2.75) is 39.5 Å². The number of aryl methyl sites for hydroxylation is 1. The molecule has 3 nitrogen and oxygen atoms in total. The number of hydrogen-bond donors (Lipinski definition) is 0. The van der Waals surface area contributed by atoms with Gasteiger partial charge in [-0.05, 0) is 30.9 Å². The van der Waals surface area contributed by atoms with E-state index in [0.717, 1.165) is 12.0 Å². The van der Waals surface area contributed by atoms with E-state index < -0.39 is 0 Å². The SMILES string of the molecule is CCCCc1ccc(CC(=O)OCCOCC)cc1. The summed E-state index contributed by atoms with van der Waals surface area (Å²) in [5.41, 5.74) is 2.33. The summed E-state index contributed by atoms with van der Waals surface area (Å²) in [5, 5.41) is 0. The molecule has 0 aliphatic rings. The van der Waals surface area contributed by atoms with Crippen LogP contribution in [0, 0.1) is 0 Å². The van der Waals surface area contributed by atoms with Crippen LogP contribution < -0.4 is 0 Å². The Morgan fingerprint density at radius 2 is 1.74 bits per heavy atom. The highest BCUT2D eigenvalue weighted by atomic mass is 16.6. The molecule has 1 aromatic carbocycles. The minimum absolute atomic E-state index is 0.194. The first-order chi connectivity index (χ1) is 9.26. The molecule has 0 aliphatic carbocycles. The Labute approximate surface area is 115 Å². The lowest BCUT2D eigenvalue weighted by Gasteiger charge is -2.06. The van der Waals surface area contributed by atoms with Crippen molar-refractivity contribution in [3.8, 4) is 0 Å². The van der Waals surface area contributed by atoms with E-state index in [9.17, 15) is 4.79 Å². The maximum atomic E-state index is 11.6. The van der Waals surface area contributed by atoms with Crippen LogP contribution in [0.4, 0.5) is 0 Å². The van der Waals surface area contributed by atoms with Crippen molar-refractivity contribution in [1.29, 1.82) is 0 Å². The molecule has 19 heavy (non-hydrogen) atoms. The van der Waals surface area contributed by atoms with Crippen LogP contribution in [0.3, 0.4) is 0 Å². The fraction of sp³-hybridized carbons (Fsp3) is 0.562. The van der Waals surface area contributed by atoms with Crippen LogP contribution in [-0.4, -0.2) is 25.8 Å². The number of rotatable bonds is 9. The van der Waals surface area contributed by atoms with Gasteiger partial charge in [-0.3, -0.25) is 4.79 Å². The first-order valence-corrected chi connectivity index (χ1v) is 7.07. The van der Waals surface area contributed by atoms with Crippen molar-refractivity contribution in [1.82, 2.24) is 0 Å². The van der Waals surface area contributed by atoms with Gasteiger partial charge in [0, 0.05) is 6.61 Å². The molecule has 0 amide bonds. The van der Waals surface area contributed by atoms with Gasteiger partial charge in [-0.15, -0.1) is 0 Å². The smallest absolute Gasteiger partial charge is 0.310 e. The Hall–Kier alpha value is -1.35. The van der Waals surface area contributed by atoms with E-state index in [-0.39, 0.29) is 5.97 Å². The predicted octanol–water partition coefficient (Wildman–Crippen LogP) is 3.15. The second kappa shape index (κ2) is 9.56. The van der Waals surface area contributed by atoms with Crippen molar-refractivity contribution < 1.29 is 14.3 Å². The molecule has 106 valence electrons. The van der Waals surface area contributed by atoms with Crippen LogP contribution in [-0.2, 0) is 27.1 Å². The highest BCUT2D eigenvalue weighted by molar-refractivity contribution is 5.72. The normalized spacial score (nSPS) is 10.4. The summed E-state index contributed by atoms with van der Waals surface area (Å²) in [6, 6.07) is 8.21. The second-order valence-electron chi connectivity index (χ2n) is 4.51. The highest BCUT2D eigenvalue weighted by Gasteiger charge is 2.04. The van der Waals surface area contributed by atoms with Crippen molar-refractivity contribution in [3.63, 3.8) is 0 Å². The molecule has 0 atom stereocenters. The van der Waals surface area contributed by atoms with E-state index in [1.54, 1.807) is 0 Å². The highest BCUT2D eigenvalue weighted by Crippen LogP contribution is 2.09. The molecule has 0 aliphatic heterocycles. The van der Waals surface area contributed by atoms with Crippen LogP contribution in [0.15, 0.2) is 24.3 Å². The third-order valence-electron chi connectivity index (χ3n) is 2.89. The quantitative estimate of drug-likeness (QED) is 0.507.